The average Bonchev–Trinajstić information content (AvgIpc) is 2.36. The number of rotatable bonds is 3. The lowest BCUT2D eigenvalue weighted by molar-refractivity contribution is 0.600. The molecule has 3 N–H and O–H groups in total. The van der Waals surface area contributed by atoms with Crippen molar-refractivity contribution in [2.75, 3.05) is 10.5 Å². The van der Waals surface area contributed by atoms with Gasteiger partial charge >= 0.3 is 0 Å². The number of hydrogen-bond donors (Lipinski definition) is 2. The number of sulfonamides is 1. The van der Waals surface area contributed by atoms with Gasteiger partial charge in [0.25, 0.3) is 10.0 Å². The number of nitrogens with one attached hydrogen (secondary N) is 1. The number of anilines is 2. The molecule has 2 rings (SSSR count). The molecule has 4 nitrogen and oxygen atoms in total. The van der Waals surface area contributed by atoms with Gasteiger partial charge in [0.05, 0.1) is 4.90 Å². The Kier molecular flexibility index (Phi) is 4.27. The molecule has 0 radical (unpaired) electrons. The second kappa shape index (κ2) is 5.63. The predicted molar refractivity (Wildman–Crippen MR) is 85.6 cm³/mol. The van der Waals surface area contributed by atoms with E-state index in [2.05, 4.69) is 20.7 Å². The van der Waals surface area contributed by atoms with E-state index in [1.165, 1.54) is 12.1 Å². The first-order valence-corrected chi connectivity index (χ1v) is 8.29. The molecule has 0 bridgehead atoms. The molecule has 2 aromatic rings. The minimum Gasteiger partial charge on any atom is -0.398 e. The second-order valence-electron chi connectivity index (χ2n) is 4.23. The predicted octanol–water partition coefficient (Wildman–Crippen LogP) is 3.79. The van der Waals surface area contributed by atoms with Crippen LogP contribution >= 0.6 is 27.5 Å². The summed E-state index contributed by atoms with van der Waals surface area (Å²) in [6, 6.07) is 9.72. The summed E-state index contributed by atoms with van der Waals surface area (Å²) in [4.78, 5) is 0.0745. The monoisotopic (exact) mass is 374 g/mol. The van der Waals surface area contributed by atoms with Crippen molar-refractivity contribution >= 4 is 48.9 Å². The van der Waals surface area contributed by atoms with Crippen LogP contribution < -0.4 is 10.5 Å². The fraction of sp³-hybridized carbons (Fsp3) is 0.0769. The minimum absolute atomic E-state index is 0.0745. The lowest BCUT2D eigenvalue weighted by Crippen LogP contribution is -2.15. The summed E-state index contributed by atoms with van der Waals surface area (Å²) in [5, 5.41) is 0.282. The van der Waals surface area contributed by atoms with Crippen LogP contribution in [0.1, 0.15) is 5.56 Å². The van der Waals surface area contributed by atoms with E-state index < -0.39 is 10.0 Å². The highest BCUT2D eigenvalue weighted by Gasteiger charge is 2.19. The summed E-state index contributed by atoms with van der Waals surface area (Å²) in [7, 11) is -3.73. The van der Waals surface area contributed by atoms with Crippen LogP contribution in [0.25, 0.3) is 0 Å². The van der Waals surface area contributed by atoms with Crippen molar-refractivity contribution in [3.8, 4) is 0 Å². The first kappa shape index (κ1) is 15.2. The molecule has 0 heterocycles. The van der Waals surface area contributed by atoms with Crippen LogP contribution in [-0.2, 0) is 10.0 Å². The topological polar surface area (TPSA) is 72.2 Å². The number of hydrogen-bond acceptors (Lipinski definition) is 3. The maximum absolute atomic E-state index is 12.4. The molecular weight excluding hydrogens is 364 g/mol. The molecule has 20 heavy (non-hydrogen) atoms. The van der Waals surface area contributed by atoms with E-state index in [4.69, 9.17) is 17.3 Å². The zero-order chi connectivity index (χ0) is 14.9. The Morgan fingerprint density at radius 3 is 2.40 bits per heavy atom. The van der Waals surface area contributed by atoms with Crippen molar-refractivity contribution in [2.45, 2.75) is 11.8 Å². The number of nitrogens with two attached hydrogens (primary N) is 1. The summed E-state index contributed by atoms with van der Waals surface area (Å²) in [5.41, 5.74) is 7.03. The molecule has 0 fully saturated rings. The Labute approximate surface area is 131 Å². The van der Waals surface area contributed by atoms with Gasteiger partial charge in [-0.2, -0.15) is 0 Å². The second-order valence-corrected chi connectivity index (χ2v) is 7.23. The molecule has 0 saturated heterocycles. The van der Waals surface area contributed by atoms with Crippen molar-refractivity contribution in [3.63, 3.8) is 0 Å². The van der Waals surface area contributed by atoms with Gasteiger partial charge < -0.3 is 5.73 Å². The number of benzene rings is 2. The molecule has 7 heteroatoms. The molecule has 0 aliphatic heterocycles. The van der Waals surface area contributed by atoms with Crippen LogP contribution in [0.2, 0.25) is 5.02 Å². The van der Waals surface area contributed by atoms with Gasteiger partial charge in [-0.05, 0) is 48.9 Å². The van der Waals surface area contributed by atoms with Crippen molar-refractivity contribution in [2.24, 2.45) is 0 Å². The summed E-state index contributed by atoms with van der Waals surface area (Å²) >= 11 is 9.16. The molecule has 0 amide bonds. The van der Waals surface area contributed by atoms with Crippen LogP contribution in [0, 0.1) is 6.92 Å². The molecule has 0 saturated carbocycles. The van der Waals surface area contributed by atoms with Gasteiger partial charge in [0.2, 0.25) is 0 Å². The van der Waals surface area contributed by atoms with E-state index in [0.29, 0.717) is 16.9 Å². The first-order chi connectivity index (χ1) is 9.29. The van der Waals surface area contributed by atoms with E-state index in [9.17, 15) is 8.42 Å². The van der Waals surface area contributed by atoms with E-state index in [0.717, 1.165) is 4.47 Å². The van der Waals surface area contributed by atoms with Crippen molar-refractivity contribution in [3.05, 3.63) is 51.5 Å². The quantitative estimate of drug-likeness (QED) is 0.802. The molecule has 2 aromatic carbocycles. The molecule has 106 valence electrons. The van der Waals surface area contributed by atoms with Gasteiger partial charge in [0.15, 0.2) is 0 Å². The third kappa shape index (κ3) is 3.26. The largest absolute Gasteiger partial charge is 0.398 e. The number of nitrogen functional groups attached to an aromatic ring is 1. The van der Waals surface area contributed by atoms with Crippen molar-refractivity contribution < 1.29 is 8.42 Å². The van der Waals surface area contributed by atoms with Gasteiger partial charge in [-0.15, -0.1) is 0 Å². The number of halogens is 2. The van der Waals surface area contributed by atoms with Crippen LogP contribution in [0.15, 0.2) is 45.8 Å². The summed E-state index contributed by atoms with van der Waals surface area (Å²) < 4.78 is 28.1. The highest BCUT2D eigenvalue weighted by Crippen LogP contribution is 2.27. The lowest BCUT2D eigenvalue weighted by atomic mass is 10.2. The van der Waals surface area contributed by atoms with Gasteiger partial charge in [-0.1, -0.05) is 27.5 Å². The molecule has 0 aliphatic rings. The van der Waals surface area contributed by atoms with Crippen LogP contribution in [-0.4, -0.2) is 8.42 Å². The molecule has 0 atom stereocenters. The zero-order valence-corrected chi connectivity index (χ0v) is 13.7. The Balaban J connectivity index is 2.43. The SMILES string of the molecule is Cc1c(N)cc(Cl)cc1S(=O)(=O)Nc1ccc(Br)cc1. The fourth-order valence-electron chi connectivity index (χ4n) is 1.68. The fourth-order valence-corrected chi connectivity index (χ4v) is 3.60. The van der Waals surface area contributed by atoms with E-state index in [-0.39, 0.29) is 9.92 Å². The zero-order valence-electron chi connectivity index (χ0n) is 10.5. The van der Waals surface area contributed by atoms with Gasteiger partial charge in [0.1, 0.15) is 0 Å². The Morgan fingerprint density at radius 2 is 1.80 bits per heavy atom. The molecule has 0 aliphatic carbocycles. The van der Waals surface area contributed by atoms with Crippen LogP contribution in [0.5, 0.6) is 0 Å². The van der Waals surface area contributed by atoms with Crippen molar-refractivity contribution in [1.29, 1.82) is 0 Å². The third-order valence-electron chi connectivity index (χ3n) is 2.75. The molecule has 0 spiro atoms. The van der Waals surface area contributed by atoms with Crippen molar-refractivity contribution in [1.82, 2.24) is 0 Å². The Bertz CT molecular complexity index is 746. The minimum atomic E-state index is -3.73. The van der Waals surface area contributed by atoms with Gasteiger partial charge in [0, 0.05) is 20.9 Å². The maximum Gasteiger partial charge on any atom is 0.262 e. The highest BCUT2D eigenvalue weighted by atomic mass is 79.9. The first-order valence-electron chi connectivity index (χ1n) is 5.63. The van der Waals surface area contributed by atoms with Crippen LogP contribution in [0.3, 0.4) is 0 Å². The Morgan fingerprint density at radius 1 is 1.20 bits per heavy atom. The normalized spacial score (nSPS) is 11.3. The molecule has 0 unspecified atom stereocenters. The van der Waals surface area contributed by atoms with Crippen LogP contribution in [0.4, 0.5) is 11.4 Å². The maximum atomic E-state index is 12.4. The Hall–Kier alpha value is -1.24. The molecular formula is C13H12BrClN2O2S. The standard InChI is InChI=1S/C13H12BrClN2O2S/c1-8-12(16)6-10(15)7-13(8)20(18,19)17-11-4-2-9(14)3-5-11/h2-7,17H,16H2,1H3. The van der Waals surface area contributed by atoms with E-state index in [1.807, 2.05) is 0 Å². The third-order valence-corrected chi connectivity index (χ3v) is 5.01. The smallest absolute Gasteiger partial charge is 0.262 e. The van der Waals surface area contributed by atoms with Gasteiger partial charge in [-0.3, -0.25) is 4.72 Å². The highest BCUT2D eigenvalue weighted by molar-refractivity contribution is 9.10. The van der Waals surface area contributed by atoms with E-state index >= 15 is 0 Å². The lowest BCUT2D eigenvalue weighted by Gasteiger charge is -2.12. The average molecular weight is 376 g/mol. The summed E-state index contributed by atoms with van der Waals surface area (Å²) in [6.45, 7) is 1.64. The summed E-state index contributed by atoms with van der Waals surface area (Å²) in [5.74, 6) is 0. The van der Waals surface area contributed by atoms with E-state index in [1.54, 1.807) is 31.2 Å². The summed E-state index contributed by atoms with van der Waals surface area (Å²) in [6.07, 6.45) is 0. The van der Waals surface area contributed by atoms with Gasteiger partial charge in [-0.25, -0.2) is 8.42 Å². The molecule has 0 aromatic heterocycles.